The highest BCUT2D eigenvalue weighted by atomic mass is 32.2. The van der Waals surface area contributed by atoms with Crippen LogP contribution in [0.5, 0.6) is 0 Å². The van der Waals surface area contributed by atoms with Crippen molar-refractivity contribution < 1.29 is 13.9 Å². The Bertz CT molecular complexity index is 672. The number of hydrogen-bond acceptors (Lipinski definition) is 4. The smallest absolute Gasteiger partial charge is 0.225 e. The maximum absolute atomic E-state index is 13.0. The number of ether oxygens (including phenoxy) is 1. The van der Waals surface area contributed by atoms with Gasteiger partial charge in [0, 0.05) is 49.3 Å². The van der Waals surface area contributed by atoms with Crippen LogP contribution in [0.2, 0.25) is 0 Å². The van der Waals surface area contributed by atoms with Gasteiger partial charge >= 0.3 is 0 Å². The lowest BCUT2D eigenvalue weighted by atomic mass is 9.95. The number of thioether (sulfide) groups is 1. The standard InChI is InChI=1S/C21H31FN4O2S/c1-2-23-21(24-9-16-29-19-5-3-18(22)4-6-19)26-10-7-17(8-11-26)20(27)25-12-14-28-15-13-25/h3-6,17H,2,7-16H2,1H3,(H,23,24). The number of guanidine groups is 1. The van der Waals surface area contributed by atoms with Gasteiger partial charge in [0.05, 0.1) is 19.8 Å². The third-order valence-corrected chi connectivity index (χ3v) is 6.23. The van der Waals surface area contributed by atoms with Gasteiger partial charge in [-0.25, -0.2) is 4.39 Å². The second-order valence-electron chi connectivity index (χ2n) is 7.24. The minimum absolute atomic E-state index is 0.112. The molecule has 2 aliphatic rings. The van der Waals surface area contributed by atoms with Crippen LogP contribution in [0, 0.1) is 11.7 Å². The minimum Gasteiger partial charge on any atom is -0.378 e. The first-order valence-corrected chi connectivity index (χ1v) is 11.4. The van der Waals surface area contributed by atoms with E-state index >= 15 is 0 Å². The summed E-state index contributed by atoms with van der Waals surface area (Å²) in [7, 11) is 0. The molecule has 0 bridgehead atoms. The number of halogens is 1. The lowest BCUT2D eigenvalue weighted by Crippen LogP contribution is -2.50. The Morgan fingerprint density at radius 2 is 1.86 bits per heavy atom. The van der Waals surface area contributed by atoms with Gasteiger partial charge in [-0.2, -0.15) is 0 Å². The van der Waals surface area contributed by atoms with Crippen molar-refractivity contribution >= 4 is 23.6 Å². The first kappa shape index (κ1) is 21.9. The lowest BCUT2D eigenvalue weighted by molar-refractivity contribution is -0.140. The van der Waals surface area contributed by atoms with Crippen LogP contribution in [-0.4, -0.2) is 79.9 Å². The zero-order chi connectivity index (χ0) is 20.5. The molecule has 2 aliphatic heterocycles. The summed E-state index contributed by atoms with van der Waals surface area (Å²) in [4.78, 5) is 22.7. The number of rotatable bonds is 6. The fraction of sp³-hybridized carbons (Fsp3) is 0.619. The molecule has 2 heterocycles. The highest BCUT2D eigenvalue weighted by Gasteiger charge is 2.30. The monoisotopic (exact) mass is 422 g/mol. The molecule has 8 heteroatoms. The molecular formula is C21H31FN4O2S. The minimum atomic E-state index is -0.211. The normalized spacial score (nSPS) is 18.8. The molecule has 0 unspecified atom stereocenters. The van der Waals surface area contributed by atoms with E-state index in [2.05, 4.69) is 17.1 Å². The number of hydrogen-bond donors (Lipinski definition) is 1. The van der Waals surface area contributed by atoms with Crippen molar-refractivity contribution in [2.45, 2.75) is 24.7 Å². The van der Waals surface area contributed by atoms with Crippen LogP contribution in [0.15, 0.2) is 34.2 Å². The largest absolute Gasteiger partial charge is 0.378 e. The van der Waals surface area contributed by atoms with Crippen molar-refractivity contribution in [1.82, 2.24) is 15.1 Å². The van der Waals surface area contributed by atoms with E-state index in [-0.39, 0.29) is 17.6 Å². The SMILES string of the molecule is CCNC(=NCCSc1ccc(F)cc1)N1CCC(C(=O)N2CCOCC2)CC1. The van der Waals surface area contributed by atoms with Gasteiger partial charge in [-0.3, -0.25) is 9.79 Å². The Balaban J connectivity index is 1.45. The summed E-state index contributed by atoms with van der Waals surface area (Å²) in [5.74, 6) is 1.95. The molecule has 0 aliphatic carbocycles. The van der Waals surface area contributed by atoms with Gasteiger partial charge in [-0.05, 0) is 44.0 Å². The van der Waals surface area contributed by atoms with Crippen molar-refractivity contribution in [1.29, 1.82) is 0 Å². The van der Waals surface area contributed by atoms with Gasteiger partial charge in [-0.15, -0.1) is 11.8 Å². The van der Waals surface area contributed by atoms with E-state index in [0.717, 1.165) is 62.2 Å². The molecule has 0 spiro atoms. The van der Waals surface area contributed by atoms with E-state index in [1.165, 1.54) is 12.1 Å². The number of carbonyl (C=O) groups excluding carboxylic acids is 1. The van der Waals surface area contributed by atoms with Crippen molar-refractivity contribution in [2.24, 2.45) is 10.9 Å². The number of nitrogens with one attached hydrogen (secondary N) is 1. The third kappa shape index (κ3) is 6.60. The summed E-state index contributed by atoms with van der Waals surface area (Å²) >= 11 is 1.68. The molecule has 1 aromatic carbocycles. The van der Waals surface area contributed by atoms with Crippen LogP contribution in [0.1, 0.15) is 19.8 Å². The first-order chi connectivity index (χ1) is 14.2. The van der Waals surface area contributed by atoms with Gasteiger partial charge in [0.1, 0.15) is 5.82 Å². The Hall–Kier alpha value is -1.80. The number of morpholine rings is 1. The third-order valence-electron chi connectivity index (χ3n) is 5.24. The predicted molar refractivity (Wildman–Crippen MR) is 115 cm³/mol. The summed E-state index contributed by atoms with van der Waals surface area (Å²) in [5.41, 5.74) is 0. The molecule has 1 aromatic rings. The molecular weight excluding hydrogens is 391 g/mol. The highest BCUT2D eigenvalue weighted by molar-refractivity contribution is 7.99. The second-order valence-corrected chi connectivity index (χ2v) is 8.41. The Kier molecular flexibility index (Phi) is 8.61. The molecule has 0 aromatic heterocycles. The highest BCUT2D eigenvalue weighted by Crippen LogP contribution is 2.21. The fourth-order valence-corrected chi connectivity index (χ4v) is 4.40. The van der Waals surface area contributed by atoms with Crippen LogP contribution in [0.3, 0.4) is 0 Å². The second kappa shape index (κ2) is 11.4. The average molecular weight is 423 g/mol. The summed E-state index contributed by atoms with van der Waals surface area (Å²) < 4.78 is 18.3. The summed E-state index contributed by atoms with van der Waals surface area (Å²) in [6.45, 7) is 8.00. The van der Waals surface area contributed by atoms with E-state index < -0.39 is 0 Å². The number of aliphatic imine (C=N–C) groups is 1. The quantitative estimate of drug-likeness (QED) is 0.330. The summed E-state index contributed by atoms with van der Waals surface area (Å²) in [6.07, 6.45) is 1.73. The van der Waals surface area contributed by atoms with Crippen LogP contribution >= 0.6 is 11.8 Å². The van der Waals surface area contributed by atoms with E-state index in [4.69, 9.17) is 9.73 Å². The number of carbonyl (C=O) groups is 1. The van der Waals surface area contributed by atoms with Crippen LogP contribution in [0.25, 0.3) is 0 Å². The Labute approximate surface area is 176 Å². The molecule has 0 saturated carbocycles. The van der Waals surface area contributed by atoms with Gasteiger partial charge < -0.3 is 19.9 Å². The summed E-state index contributed by atoms with van der Waals surface area (Å²) in [5, 5.41) is 3.37. The van der Waals surface area contributed by atoms with Crippen molar-refractivity contribution in [3.8, 4) is 0 Å². The van der Waals surface area contributed by atoms with E-state index in [1.54, 1.807) is 23.9 Å². The summed E-state index contributed by atoms with van der Waals surface area (Å²) in [6, 6.07) is 6.56. The van der Waals surface area contributed by atoms with Crippen molar-refractivity contribution in [2.75, 3.05) is 58.2 Å². The van der Waals surface area contributed by atoms with Gasteiger partial charge in [-0.1, -0.05) is 0 Å². The molecule has 0 radical (unpaired) electrons. The molecule has 6 nitrogen and oxygen atoms in total. The molecule has 2 fully saturated rings. The van der Waals surface area contributed by atoms with Gasteiger partial charge in [0.25, 0.3) is 0 Å². The van der Waals surface area contributed by atoms with E-state index in [1.807, 2.05) is 4.90 Å². The Morgan fingerprint density at radius 1 is 1.17 bits per heavy atom. The zero-order valence-corrected chi connectivity index (χ0v) is 17.9. The van der Waals surface area contributed by atoms with E-state index in [0.29, 0.717) is 19.8 Å². The van der Waals surface area contributed by atoms with Crippen molar-refractivity contribution in [3.63, 3.8) is 0 Å². The van der Waals surface area contributed by atoms with Crippen LogP contribution in [0.4, 0.5) is 4.39 Å². The van der Waals surface area contributed by atoms with Gasteiger partial charge in [0.2, 0.25) is 5.91 Å². The number of piperidine rings is 1. The lowest BCUT2D eigenvalue weighted by Gasteiger charge is -2.36. The van der Waals surface area contributed by atoms with E-state index in [9.17, 15) is 9.18 Å². The maximum Gasteiger partial charge on any atom is 0.225 e. The topological polar surface area (TPSA) is 57.2 Å². The van der Waals surface area contributed by atoms with Crippen LogP contribution < -0.4 is 5.32 Å². The molecule has 2 saturated heterocycles. The van der Waals surface area contributed by atoms with Gasteiger partial charge in [0.15, 0.2) is 5.96 Å². The molecule has 1 N–H and O–H groups in total. The molecule has 0 atom stereocenters. The molecule has 3 rings (SSSR count). The maximum atomic E-state index is 13.0. The number of benzene rings is 1. The Morgan fingerprint density at radius 3 is 2.52 bits per heavy atom. The zero-order valence-electron chi connectivity index (χ0n) is 17.1. The number of likely N-dealkylation sites (tertiary alicyclic amines) is 1. The molecule has 1 amide bonds. The number of amides is 1. The molecule has 160 valence electrons. The average Bonchev–Trinajstić information content (AvgIpc) is 2.77. The van der Waals surface area contributed by atoms with Crippen molar-refractivity contribution in [3.05, 3.63) is 30.1 Å². The first-order valence-electron chi connectivity index (χ1n) is 10.5. The van der Waals surface area contributed by atoms with Crippen LogP contribution in [-0.2, 0) is 9.53 Å². The molecule has 29 heavy (non-hydrogen) atoms. The fourth-order valence-electron chi connectivity index (χ4n) is 3.65. The number of nitrogens with zero attached hydrogens (tertiary/aromatic N) is 3. The predicted octanol–water partition coefficient (Wildman–Crippen LogP) is 2.45.